The smallest absolute Gasteiger partial charge is 0.311 e. The normalized spacial score (nSPS) is 15.7. The number of benzene rings is 1. The summed E-state index contributed by atoms with van der Waals surface area (Å²) in [5, 5.41) is 17.4. The minimum absolute atomic E-state index is 0.0103. The van der Waals surface area contributed by atoms with Gasteiger partial charge in [0.1, 0.15) is 0 Å². The summed E-state index contributed by atoms with van der Waals surface area (Å²) in [5.41, 5.74) is 0.835. The molecule has 1 fully saturated rings. The van der Waals surface area contributed by atoms with E-state index in [2.05, 4.69) is 15.5 Å². The first-order chi connectivity index (χ1) is 10.2. The quantitative estimate of drug-likeness (QED) is 0.448. The molecule has 7 nitrogen and oxygen atoms in total. The van der Waals surface area contributed by atoms with Crippen LogP contribution in [0.15, 0.2) is 18.2 Å². The fourth-order valence-electron chi connectivity index (χ4n) is 2.41. The maximum absolute atomic E-state index is 10.8. The van der Waals surface area contributed by atoms with E-state index >= 15 is 0 Å². The molecule has 1 aliphatic rings. The Hall–Kier alpha value is -1.86. The molecule has 2 rings (SSSR count). The molecule has 0 unspecified atom stereocenters. The van der Waals surface area contributed by atoms with Crippen molar-refractivity contribution in [2.24, 2.45) is 0 Å². The van der Waals surface area contributed by atoms with Gasteiger partial charge in [-0.25, -0.2) is 0 Å². The average molecular weight is 294 g/mol. The SMILES string of the molecule is COc1cc(NCCCN2CCNCC2)ccc1[N+](=O)[O-]. The topological polar surface area (TPSA) is 79.7 Å². The molecule has 0 bridgehead atoms. The monoisotopic (exact) mass is 294 g/mol. The molecule has 7 heteroatoms. The van der Waals surface area contributed by atoms with E-state index in [1.165, 1.54) is 13.2 Å². The summed E-state index contributed by atoms with van der Waals surface area (Å²) < 4.78 is 5.05. The second-order valence-electron chi connectivity index (χ2n) is 5.02. The van der Waals surface area contributed by atoms with Crippen molar-refractivity contribution in [2.45, 2.75) is 6.42 Å². The van der Waals surface area contributed by atoms with Crippen LogP contribution in [0.25, 0.3) is 0 Å². The van der Waals surface area contributed by atoms with Crippen LogP contribution in [0.4, 0.5) is 11.4 Å². The highest BCUT2D eigenvalue weighted by molar-refractivity contribution is 5.57. The van der Waals surface area contributed by atoms with Gasteiger partial charge in [-0.05, 0) is 19.0 Å². The number of hydrogen-bond acceptors (Lipinski definition) is 6. The Bertz CT molecular complexity index is 475. The summed E-state index contributed by atoms with van der Waals surface area (Å²) in [6.07, 6.45) is 1.04. The molecule has 116 valence electrons. The Balaban J connectivity index is 1.78. The molecule has 0 saturated carbocycles. The minimum Gasteiger partial charge on any atom is -0.490 e. The van der Waals surface area contributed by atoms with Crippen molar-refractivity contribution in [1.29, 1.82) is 0 Å². The number of anilines is 1. The molecular formula is C14H22N4O3. The van der Waals surface area contributed by atoms with Gasteiger partial charge in [-0.1, -0.05) is 0 Å². The molecule has 0 aliphatic carbocycles. The van der Waals surface area contributed by atoms with Crippen LogP contribution >= 0.6 is 0 Å². The third kappa shape index (κ3) is 4.57. The van der Waals surface area contributed by atoms with Crippen molar-refractivity contribution in [2.75, 3.05) is 51.7 Å². The number of methoxy groups -OCH3 is 1. The molecule has 0 radical (unpaired) electrons. The number of ether oxygens (including phenoxy) is 1. The largest absolute Gasteiger partial charge is 0.490 e. The van der Waals surface area contributed by atoms with Crippen molar-refractivity contribution in [3.8, 4) is 5.75 Å². The fraction of sp³-hybridized carbons (Fsp3) is 0.571. The average Bonchev–Trinajstić information content (AvgIpc) is 2.52. The summed E-state index contributed by atoms with van der Waals surface area (Å²) in [5.74, 6) is 0.284. The van der Waals surface area contributed by atoms with E-state index < -0.39 is 4.92 Å². The fourth-order valence-corrected chi connectivity index (χ4v) is 2.41. The van der Waals surface area contributed by atoms with E-state index in [0.717, 1.165) is 51.4 Å². The van der Waals surface area contributed by atoms with E-state index in [1.54, 1.807) is 12.1 Å². The molecule has 0 amide bonds. The number of nitro groups is 1. The second-order valence-corrected chi connectivity index (χ2v) is 5.02. The van der Waals surface area contributed by atoms with Crippen LogP contribution in [0.1, 0.15) is 6.42 Å². The molecule has 1 aromatic rings. The van der Waals surface area contributed by atoms with E-state index in [1.807, 2.05) is 0 Å². The van der Waals surface area contributed by atoms with Gasteiger partial charge in [-0.15, -0.1) is 0 Å². The van der Waals surface area contributed by atoms with Gasteiger partial charge in [-0.3, -0.25) is 10.1 Å². The lowest BCUT2D eigenvalue weighted by atomic mass is 10.2. The maximum Gasteiger partial charge on any atom is 0.311 e. The van der Waals surface area contributed by atoms with Crippen LogP contribution < -0.4 is 15.4 Å². The number of hydrogen-bond donors (Lipinski definition) is 2. The first-order valence-electron chi connectivity index (χ1n) is 7.20. The molecule has 1 aliphatic heterocycles. The molecule has 21 heavy (non-hydrogen) atoms. The van der Waals surface area contributed by atoms with E-state index in [0.29, 0.717) is 0 Å². The number of rotatable bonds is 7. The number of nitro benzene ring substituents is 1. The third-order valence-electron chi connectivity index (χ3n) is 3.57. The van der Waals surface area contributed by atoms with Crippen LogP contribution in [-0.4, -0.2) is 56.2 Å². The van der Waals surface area contributed by atoms with Gasteiger partial charge in [-0.2, -0.15) is 0 Å². The summed E-state index contributed by atoms with van der Waals surface area (Å²) in [6.45, 7) is 6.24. The van der Waals surface area contributed by atoms with Crippen molar-refractivity contribution < 1.29 is 9.66 Å². The third-order valence-corrected chi connectivity index (χ3v) is 3.57. The van der Waals surface area contributed by atoms with Gasteiger partial charge in [0.25, 0.3) is 0 Å². The zero-order valence-electron chi connectivity index (χ0n) is 12.3. The highest BCUT2D eigenvalue weighted by Gasteiger charge is 2.14. The van der Waals surface area contributed by atoms with Crippen molar-refractivity contribution in [3.05, 3.63) is 28.3 Å². The summed E-state index contributed by atoms with van der Waals surface area (Å²) in [6, 6.07) is 4.85. The number of nitrogens with zero attached hydrogens (tertiary/aromatic N) is 2. The standard InChI is InChI=1S/C14H22N4O3/c1-21-14-11-12(3-4-13(14)18(19)20)16-5-2-8-17-9-6-15-7-10-17/h3-4,11,15-16H,2,5-10H2,1H3. The summed E-state index contributed by atoms with van der Waals surface area (Å²) >= 11 is 0. The van der Waals surface area contributed by atoms with Crippen LogP contribution in [0.3, 0.4) is 0 Å². The lowest BCUT2D eigenvalue weighted by molar-refractivity contribution is -0.385. The van der Waals surface area contributed by atoms with Crippen LogP contribution in [0, 0.1) is 10.1 Å². The van der Waals surface area contributed by atoms with Crippen molar-refractivity contribution >= 4 is 11.4 Å². The second kappa shape index (κ2) is 7.80. The predicted octanol–water partition coefficient (Wildman–Crippen LogP) is 1.31. The Kier molecular flexibility index (Phi) is 5.77. The molecule has 0 aromatic heterocycles. The van der Waals surface area contributed by atoms with Gasteiger partial charge >= 0.3 is 5.69 Å². The van der Waals surface area contributed by atoms with E-state index in [4.69, 9.17) is 4.74 Å². The van der Waals surface area contributed by atoms with Gasteiger partial charge in [0.2, 0.25) is 0 Å². The maximum atomic E-state index is 10.8. The molecule has 0 spiro atoms. The van der Waals surface area contributed by atoms with Crippen molar-refractivity contribution in [3.63, 3.8) is 0 Å². The minimum atomic E-state index is -0.437. The molecule has 2 N–H and O–H groups in total. The Morgan fingerprint density at radius 2 is 2.19 bits per heavy atom. The van der Waals surface area contributed by atoms with Gasteiger partial charge in [0, 0.05) is 50.5 Å². The van der Waals surface area contributed by atoms with Gasteiger partial charge in [0.15, 0.2) is 5.75 Å². The highest BCUT2D eigenvalue weighted by atomic mass is 16.6. The number of nitrogens with one attached hydrogen (secondary N) is 2. The van der Waals surface area contributed by atoms with Crippen LogP contribution in [0.5, 0.6) is 5.75 Å². The summed E-state index contributed by atoms with van der Waals surface area (Å²) in [7, 11) is 1.44. The zero-order valence-corrected chi connectivity index (χ0v) is 12.3. The zero-order chi connectivity index (χ0) is 15.1. The first-order valence-corrected chi connectivity index (χ1v) is 7.20. The van der Waals surface area contributed by atoms with E-state index in [9.17, 15) is 10.1 Å². The Morgan fingerprint density at radius 1 is 1.43 bits per heavy atom. The number of piperazine rings is 1. The van der Waals surface area contributed by atoms with Crippen LogP contribution in [0.2, 0.25) is 0 Å². The van der Waals surface area contributed by atoms with Crippen molar-refractivity contribution in [1.82, 2.24) is 10.2 Å². The highest BCUT2D eigenvalue weighted by Crippen LogP contribution is 2.29. The Labute approximate surface area is 124 Å². The first kappa shape index (κ1) is 15.5. The predicted molar refractivity (Wildman–Crippen MR) is 82.1 cm³/mol. The molecule has 0 atom stereocenters. The lowest BCUT2D eigenvalue weighted by Crippen LogP contribution is -2.44. The van der Waals surface area contributed by atoms with Crippen LogP contribution in [-0.2, 0) is 0 Å². The van der Waals surface area contributed by atoms with E-state index in [-0.39, 0.29) is 11.4 Å². The summed E-state index contributed by atoms with van der Waals surface area (Å²) in [4.78, 5) is 12.8. The molecular weight excluding hydrogens is 272 g/mol. The Morgan fingerprint density at radius 3 is 2.86 bits per heavy atom. The molecule has 1 saturated heterocycles. The van der Waals surface area contributed by atoms with Gasteiger partial charge < -0.3 is 20.3 Å². The van der Waals surface area contributed by atoms with Gasteiger partial charge in [0.05, 0.1) is 12.0 Å². The molecule has 1 heterocycles. The molecule has 1 aromatic carbocycles. The lowest BCUT2D eigenvalue weighted by Gasteiger charge is -2.27.